The third-order valence-corrected chi connectivity index (χ3v) is 6.09. The van der Waals surface area contributed by atoms with Crippen molar-refractivity contribution in [2.24, 2.45) is 0 Å². The van der Waals surface area contributed by atoms with Crippen molar-refractivity contribution < 1.29 is 9.18 Å². The Bertz CT molecular complexity index is 1130. The molecule has 168 valence electrons. The van der Waals surface area contributed by atoms with Gasteiger partial charge in [0.25, 0.3) is 0 Å². The average molecular weight is 439 g/mol. The predicted molar refractivity (Wildman–Crippen MR) is 117 cm³/mol. The Morgan fingerprint density at radius 2 is 1.88 bits per heavy atom. The van der Waals surface area contributed by atoms with Gasteiger partial charge in [-0.2, -0.15) is 0 Å². The normalized spacial score (nSPS) is 21.0. The van der Waals surface area contributed by atoms with E-state index in [9.17, 15) is 9.18 Å². The quantitative estimate of drug-likeness (QED) is 0.665. The van der Waals surface area contributed by atoms with Crippen molar-refractivity contribution in [2.45, 2.75) is 45.4 Å². The SMILES string of the molecule is CCn1c(-c2cnc(C)nc2)nc2c(NC3CCN(C(=O)N4CCC(F)C4)C3)ncnc21. The zero-order valence-corrected chi connectivity index (χ0v) is 18.2. The minimum atomic E-state index is -0.911. The lowest BCUT2D eigenvalue weighted by Gasteiger charge is -2.24. The summed E-state index contributed by atoms with van der Waals surface area (Å²) >= 11 is 0. The molecular formula is C21H26FN9O. The lowest BCUT2D eigenvalue weighted by atomic mass is 10.2. The van der Waals surface area contributed by atoms with Crippen LogP contribution in [-0.4, -0.2) is 83.7 Å². The first-order valence-corrected chi connectivity index (χ1v) is 11.0. The number of fused-ring (bicyclic) bond motifs is 1. The van der Waals surface area contributed by atoms with Gasteiger partial charge in [0.15, 0.2) is 17.0 Å². The first-order chi connectivity index (χ1) is 15.5. The number of carbonyl (C=O) groups is 1. The fourth-order valence-corrected chi connectivity index (χ4v) is 4.41. The van der Waals surface area contributed by atoms with Gasteiger partial charge in [-0.25, -0.2) is 34.1 Å². The molecule has 3 aromatic rings. The Morgan fingerprint density at radius 1 is 1.12 bits per heavy atom. The Morgan fingerprint density at radius 3 is 2.59 bits per heavy atom. The van der Waals surface area contributed by atoms with Crippen LogP contribution in [0.25, 0.3) is 22.6 Å². The second-order valence-corrected chi connectivity index (χ2v) is 8.28. The number of nitrogens with zero attached hydrogens (tertiary/aromatic N) is 8. The van der Waals surface area contributed by atoms with Gasteiger partial charge in [-0.1, -0.05) is 0 Å². The molecule has 3 aromatic heterocycles. The molecule has 0 aliphatic carbocycles. The number of aromatic nitrogens is 6. The maximum atomic E-state index is 13.5. The van der Waals surface area contributed by atoms with Gasteiger partial charge in [-0.3, -0.25) is 0 Å². The van der Waals surface area contributed by atoms with Crippen molar-refractivity contribution in [3.63, 3.8) is 0 Å². The summed E-state index contributed by atoms with van der Waals surface area (Å²) in [5.41, 5.74) is 2.22. The highest BCUT2D eigenvalue weighted by Crippen LogP contribution is 2.27. The number of likely N-dealkylation sites (tertiary alicyclic amines) is 2. The number of hydrogen-bond donors (Lipinski definition) is 1. The number of aryl methyl sites for hydroxylation is 2. The molecule has 2 aliphatic heterocycles. The highest BCUT2D eigenvalue weighted by Gasteiger charge is 2.33. The first-order valence-electron chi connectivity index (χ1n) is 11.0. The Balaban J connectivity index is 1.37. The van der Waals surface area contributed by atoms with Crippen molar-refractivity contribution in [3.8, 4) is 11.4 Å². The van der Waals surface area contributed by atoms with Gasteiger partial charge in [-0.05, 0) is 26.7 Å². The van der Waals surface area contributed by atoms with Gasteiger partial charge in [0.2, 0.25) is 0 Å². The van der Waals surface area contributed by atoms with E-state index in [1.807, 2.05) is 18.4 Å². The van der Waals surface area contributed by atoms with E-state index < -0.39 is 6.17 Å². The molecule has 32 heavy (non-hydrogen) atoms. The molecule has 1 N–H and O–H groups in total. The van der Waals surface area contributed by atoms with E-state index in [0.29, 0.717) is 49.8 Å². The number of alkyl halides is 1. The first kappa shape index (κ1) is 20.5. The predicted octanol–water partition coefficient (Wildman–Crippen LogP) is 2.26. The standard InChI is InChI=1S/C21H26FN9O/c1-3-31-19(14-8-23-13(2)24-9-14)28-17-18(25-12-26-20(17)31)27-16-5-7-30(11-16)21(32)29-6-4-15(22)10-29/h8-9,12,15-16H,3-7,10-11H2,1-2H3,(H,25,26,27). The zero-order valence-electron chi connectivity index (χ0n) is 18.2. The van der Waals surface area contributed by atoms with Crippen molar-refractivity contribution in [1.29, 1.82) is 0 Å². The third kappa shape index (κ3) is 3.71. The van der Waals surface area contributed by atoms with Crippen LogP contribution in [-0.2, 0) is 6.54 Å². The van der Waals surface area contributed by atoms with Crippen LogP contribution < -0.4 is 5.32 Å². The summed E-state index contributed by atoms with van der Waals surface area (Å²) in [4.78, 5) is 38.3. The number of amides is 2. The number of anilines is 1. The highest BCUT2D eigenvalue weighted by molar-refractivity contribution is 5.86. The largest absolute Gasteiger partial charge is 0.364 e. The number of carbonyl (C=O) groups excluding carboxylic acids is 1. The van der Waals surface area contributed by atoms with Crippen LogP contribution in [0.4, 0.5) is 15.0 Å². The molecule has 2 unspecified atom stereocenters. The minimum Gasteiger partial charge on any atom is -0.364 e. The van der Waals surface area contributed by atoms with E-state index in [2.05, 4.69) is 25.3 Å². The van der Waals surface area contributed by atoms with Crippen LogP contribution in [0.2, 0.25) is 0 Å². The molecule has 2 saturated heterocycles. The number of imidazole rings is 1. The lowest BCUT2D eigenvalue weighted by molar-refractivity contribution is 0.169. The van der Waals surface area contributed by atoms with Gasteiger partial charge in [0.05, 0.1) is 12.1 Å². The zero-order chi connectivity index (χ0) is 22.2. The molecule has 11 heteroatoms. The summed E-state index contributed by atoms with van der Waals surface area (Å²) in [7, 11) is 0. The van der Waals surface area contributed by atoms with Crippen molar-refractivity contribution in [3.05, 3.63) is 24.5 Å². The van der Waals surface area contributed by atoms with E-state index in [4.69, 9.17) is 4.98 Å². The molecule has 0 aromatic carbocycles. The summed E-state index contributed by atoms with van der Waals surface area (Å²) in [6.45, 7) is 6.43. The van der Waals surface area contributed by atoms with Crippen LogP contribution in [0.1, 0.15) is 25.6 Å². The minimum absolute atomic E-state index is 0.0405. The second-order valence-electron chi connectivity index (χ2n) is 8.28. The smallest absolute Gasteiger partial charge is 0.320 e. The Labute approximate surface area is 184 Å². The number of urea groups is 1. The molecule has 2 fully saturated rings. The van der Waals surface area contributed by atoms with Crippen molar-refractivity contribution in [1.82, 2.24) is 39.3 Å². The highest BCUT2D eigenvalue weighted by atomic mass is 19.1. The number of nitrogens with one attached hydrogen (secondary N) is 1. The Kier molecular flexibility index (Phi) is 5.32. The van der Waals surface area contributed by atoms with E-state index in [1.165, 1.54) is 6.33 Å². The van der Waals surface area contributed by atoms with E-state index in [0.717, 1.165) is 23.5 Å². The second kappa shape index (κ2) is 8.29. The number of halogens is 1. The summed E-state index contributed by atoms with van der Waals surface area (Å²) < 4.78 is 15.5. The molecule has 0 bridgehead atoms. The maximum absolute atomic E-state index is 13.5. The van der Waals surface area contributed by atoms with Crippen molar-refractivity contribution >= 4 is 23.0 Å². The molecule has 5 rings (SSSR count). The maximum Gasteiger partial charge on any atom is 0.320 e. The van der Waals surface area contributed by atoms with Crippen LogP contribution in [0.5, 0.6) is 0 Å². The Hall–Kier alpha value is -3.37. The molecule has 2 amide bonds. The molecule has 0 saturated carbocycles. The summed E-state index contributed by atoms with van der Waals surface area (Å²) in [5, 5.41) is 3.45. The molecule has 2 aliphatic rings. The van der Waals surface area contributed by atoms with Gasteiger partial charge in [0.1, 0.15) is 24.1 Å². The lowest BCUT2D eigenvalue weighted by Crippen LogP contribution is -2.41. The fraction of sp³-hybridized carbons (Fsp3) is 0.524. The molecule has 10 nitrogen and oxygen atoms in total. The fourth-order valence-electron chi connectivity index (χ4n) is 4.41. The topological polar surface area (TPSA) is 105 Å². The number of rotatable bonds is 4. The van der Waals surface area contributed by atoms with Gasteiger partial charge in [0, 0.05) is 44.6 Å². The molecular weight excluding hydrogens is 413 g/mol. The van der Waals surface area contributed by atoms with Crippen LogP contribution in [0.3, 0.4) is 0 Å². The summed E-state index contributed by atoms with van der Waals surface area (Å²) in [5.74, 6) is 2.08. The van der Waals surface area contributed by atoms with Crippen LogP contribution in [0, 0.1) is 6.92 Å². The van der Waals surface area contributed by atoms with E-state index >= 15 is 0 Å². The van der Waals surface area contributed by atoms with Crippen LogP contribution in [0.15, 0.2) is 18.7 Å². The average Bonchev–Trinajstić information content (AvgIpc) is 3.52. The monoisotopic (exact) mass is 439 g/mol. The summed E-state index contributed by atoms with van der Waals surface area (Å²) in [6.07, 6.45) is 5.35. The number of hydrogen-bond acceptors (Lipinski definition) is 7. The molecule has 2 atom stereocenters. The molecule has 5 heterocycles. The van der Waals surface area contributed by atoms with Crippen molar-refractivity contribution in [2.75, 3.05) is 31.5 Å². The summed E-state index contributed by atoms with van der Waals surface area (Å²) in [6, 6.07) is -0.0436. The van der Waals surface area contributed by atoms with Gasteiger partial charge < -0.3 is 19.7 Å². The molecule has 0 radical (unpaired) electrons. The van der Waals surface area contributed by atoms with E-state index in [-0.39, 0.29) is 18.6 Å². The van der Waals surface area contributed by atoms with Gasteiger partial charge >= 0.3 is 6.03 Å². The van der Waals surface area contributed by atoms with Gasteiger partial charge in [-0.15, -0.1) is 0 Å². The van der Waals surface area contributed by atoms with Crippen LogP contribution >= 0.6 is 0 Å². The third-order valence-electron chi connectivity index (χ3n) is 6.09. The van der Waals surface area contributed by atoms with E-state index in [1.54, 1.807) is 22.2 Å². The molecule has 0 spiro atoms.